The Morgan fingerprint density at radius 1 is 1.07 bits per heavy atom. The van der Waals surface area contributed by atoms with Crippen molar-refractivity contribution in [2.45, 2.75) is 71.7 Å². The second kappa shape index (κ2) is 18.3. The second-order valence-corrected chi connectivity index (χ2v) is 13.0. The van der Waals surface area contributed by atoms with Crippen molar-refractivity contribution in [1.82, 2.24) is 20.5 Å². The van der Waals surface area contributed by atoms with Gasteiger partial charge in [-0.3, -0.25) is 14.4 Å². The molecule has 5 N–H and O–H groups in total. The summed E-state index contributed by atoms with van der Waals surface area (Å²) in [4.78, 5) is 46.6. The minimum absolute atomic E-state index is 0.0204. The molecule has 2 aromatic rings. The smallest absolute Gasteiger partial charge is 0.246 e. The lowest BCUT2D eigenvalue weighted by molar-refractivity contribution is -0.144. The third-order valence-electron chi connectivity index (χ3n) is 7.40. The summed E-state index contributed by atoms with van der Waals surface area (Å²) in [5.74, 6) is -1.07. The number of amides is 3. The molecule has 1 aliphatic rings. The molecule has 1 aliphatic heterocycles. The monoisotopic (exact) mass is 647 g/mol. The van der Waals surface area contributed by atoms with E-state index in [1.165, 1.54) is 4.90 Å². The molecule has 1 saturated heterocycles. The van der Waals surface area contributed by atoms with Crippen LogP contribution in [0, 0.1) is 12.3 Å². The van der Waals surface area contributed by atoms with Crippen LogP contribution >= 0.6 is 11.3 Å². The molecule has 2 heterocycles. The summed E-state index contributed by atoms with van der Waals surface area (Å²) in [5.41, 5.74) is 9.49. The van der Waals surface area contributed by atoms with Crippen LogP contribution in [0.3, 0.4) is 0 Å². The first-order valence-corrected chi connectivity index (χ1v) is 16.4. The maximum atomic E-state index is 13.8. The zero-order chi connectivity index (χ0) is 32.8. The molecule has 13 heteroatoms. The average molecular weight is 648 g/mol. The van der Waals surface area contributed by atoms with Crippen LogP contribution in [0.25, 0.3) is 10.4 Å². The summed E-state index contributed by atoms with van der Waals surface area (Å²) >= 11 is 1.58. The minimum atomic E-state index is -0.886. The zero-order valence-electron chi connectivity index (χ0n) is 26.9. The van der Waals surface area contributed by atoms with E-state index in [-0.39, 0.29) is 44.4 Å². The van der Waals surface area contributed by atoms with Crippen molar-refractivity contribution in [2.75, 3.05) is 52.7 Å². The Morgan fingerprint density at radius 3 is 2.36 bits per heavy atom. The van der Waals surface area contributed by atoms with Gasteiger partial charge in [0.25, 0.3) is 0 Å². The van der Waals surface area contributed by atoms with E-state index in [0.29, 0.717) is 46.0 Å². The van der Waals surface area contributed by atoms with Crippen LogP contribution in [-0.2, 0) is 35.1 Å². The Kier molecular flexibility index (Phi) is 14.8. The molecule has 1 aromatic carbocycles. The van der Waals surface area contributed by atoms with Crippen molar-refractivity contribution < 1.29 is 33.7 Å². The number of aliphatic hydroxyl groups is 1. The summed E-state index contributed by atoms with van der Waals surface area (Å²) in [6, 6.07) is 6.16. The molecular formula is C32H49N5O7S. The lowest BCUT2D eigenvalue weighted by Crippen LogP contribution is -2.57. The van der Waals surface area contributed by atoms with Crippen LogP contribution in [0.4, 0.5) is 0 Å². The van der Waals surface area contributed by atoms with Gasteiger partial charge in [0.1, 0.15) is 12.1 Å². The van der Waals surface area contributed by atoms with E-state index in [1.54, 1.807) is 11.3 Å². The van der Waals surface area contributed by atoms with E-state index in [9.17, 15) is 19.5 Å². The third kappa shape index (κ3) is 11.7. The lowest BCUT2D eigenvalue weighted by atomic mass is 9.85. The average Bonchev–Trinajstić information content (AvgIpc) is 3.62. The number of hydrogen-bond donors (Lipinski definition) is 4. The Balaban J connectivity index is 1.47. The molecule has 0 saturated carbocycles. The number of benzene rings is 1. The first-order chi connectivity index (χ1) is 21.5. The molecular weight excluding hydrogens is 598 g/mol. The molecule has 1 fully saturated rings. The Labute approximate surface area is 270 Å². The number of nitrogens with zero attached hydrogens (tertiary/aromatic N) is 2. The van der Waals surface area contributed by atoms with Gasteiger partial charge in [-0.2, -0.15) is 0 Å². The Hall–Kier alpha value is -2.94. The number of aromatic nitrogens is 1. The number of nitrogens with one attached hydrogen (secondary N) is 2. The largest absolute Gasteiger partial charge is 0.391 e. The van der Waals surface area contributed by atoms with Gasteiger partial charge >= 0.3 is 0 Å². The number of aryl methyl sites for hydroxylation is 1. The Bertz CT molecular complexity index is 1220. The van der Waals surface area contributed by atoms with E-state index in [4.69, 9.17) is 19.9 Å². The third-order valence-corrected chi connectivity index (χ3v) is 8.37. The highest BCUT2D eigenvalue weighted by Crippen LogP contribution is 2.28. The van der Waals surface area contributed by atoms with E-state index < -0.39 is 29.5 Å². The zero-order valence-corrected chi connectivity index (χ0v) is 27.7. The summed E-state index contributed by atoms with van der Waals surface area (Å²) in [7, 11) is 0. The van der Waals surface area contributed by atoms with Crippen molar-refractivity contribution in [3.8, 4) is 10.4 Å². The fourth-order valence-corrected chi connectivity index (χ4v) is 5.76. The molecule has 250 valence electrons. The highest BCUT2D eigenvalue weighted by Gasteiger charge is 2.44. The number of carbonyl (C=O) groups is 3. The summed E-state index contributed by atoms with van der Waals surface area (Å²) in [5, 5.41) is 16.2. The predicted octanol–water partition coefficient (Wildman–Crippen LogP) is 2.02. The van der Waals surface area contributed by atoms with Crippen molar-refractivity contribution >= 4 is 29.1 Å². The highest BCUT2D eigenvalue weighted by molar-refractivity contribution is 7.13. The molecule has 3 unspecified atom stereocenters. The van der Waals surface area contributed by atoms with Crippen LogP contribution in [0.2, 0.25) is 0 Å². The molecule has 3 atom stereocenters. The summed E-state index contributed by atoms with van der Waals surface area (Å²) < 4.78 is 16.2. The van der Waals surface area contributed by atoms with Crippen molar-refractivity contribution in [3.63, 3.8) is 0 Å². The SMILES string of the molecule is Cc1ncsc1-c1ccc(CNC(=O)C2CC(O)CN2C(=O)C(NC(=O)CCOCCCOCCOCCN)C(C)(C)C)cc1. The van der Waals surface area contributed by atoms with Crippen LogP contribution in [0.5, 0.6) is 0 Å². The number of β-amino-alcohol motifs (C(OH)–C–C–N with tert-alkyl or cyclic N) is 1. The molecule has 3 rings (SSSR count). The van der Waals surface area contributed by atoms with Gasteiger partial charge in [0.15, 0.2) is 0 Å². The number of likely N-dealkylation sites (tertiary alicyclic amines) is 1. The summed E-state index contributed by atoms with van der Waals surface area (Å²) in [6.07, 6.45) is 0.0604. The highest BCUT2D eigenvalue weighted by atomic mass is 32.1. The molecule has 45 heavy (non-hydrogen) atoms. The topological polar surface area (TPSA) is 165 Å². The van der Waals surface area contributed by atoms with E-state index >= 15 is 0 Å². The molecule has 12 nitrogen and oxygen atoms in total. The van der Waals surface area contributed by atoms with E-state index in [1.807, 2.05) is 57.5 Å². The molecule has 0 radical (unpaired) electrons. The quantitative estimate of drug-likeness (QED) is 0.177. The fraction of sp³-hybridized carbons (Fsp3) is 0.625. The lowest BCUT2D eigenvalue weighted by Gasteiger charge is -2.35. The normalized spacial score (nSPS) is 17.3. The standard InChI is InChI=1S/C32H49N5O7S/c1-22-28(45-21-35-22)24-8-6-23(7-9-24)19-34-30(40)26-18-25(38)20-37(26)31(41)29(32(2,3)4)36-27(39)10-14-42-12-5-13-43-16-17-44-15-11-33/h6-9,21,25-26,29,38H,5,10-20,33H2,1-4H3,(H,34,40)(H,36,39). The van der Waals surface area contributed by atoms with Crippen LogP contribution < -0.4 is 16.4 Å². The van der Waals surface area contributed by atoms with E-state index in [0.717, 1.165) is 21.7 Å². The van der Waals surface area contributed by atoms with Gasteiger partial charge in [-0.25, -0.2) is 4.98 Å². The molecule has 0 bridgehead atoms. The van der Waals surface area contributed by atoms with Crippen LogP contribution in [0.1, 0.15) is 51.3 Å². The van der Waals surface area contributed by atoms with E-state index in [2.05, 4.69) is 15.6 Å². The first kappa shape index (κ1) is 36.5. The molecule has 0 aliphatic carbocycles. The van der Waals surface area contributed by atoms with Crippen molar-refractivity contribution in [3.05, 3.63) is 41.0 Å². The maximum absolute atomic E-state index is 13.8. The number of rotatable bonds is 18. The summed E-state index contributed by atoms with van der Waals surface area (Å²) in [6.45, 7) is 11.0. The van der Waals surface area contributed by atoms with Gasteiger partial charge in [-0.05, 0) is 29.9 Å². The minimum Gasteiger partial charge on any atom is -0.391 e. The van der Waals surface area contributed by atoms with Gasteiger partial charge in [0.05, 0.1) is 48.6 Å². The first-order valence-electron chi connectivity index (χ1n) is 15.5. The van der Waals surface area contributed by atoms with Crippen molar-refractivity contribution in [1.29, 1.82) is 0 Å². The van der Waals surface area contributed by atoms with Gasteiger partial charge < -0.3 is 40.6 Å². The number of carbonyl (C=O) groups excluding carboxylic acids is 3. The fourth-order valence-electron chi connectivity index (χ4n) is 4.95. The predicted molar refractivity (Wildman–Crippen MR) is 172 cm³/mol. The van der Waals surface area contributed by atoms with Crippen LogP contribution in [0.15, 0.2) is 29.8 Å². The molecule has 1 aromatic heterocycles. The van der Waals surface area contributed by atoms with Gasteiger partial charge in [0, 0.05) is 45.7 Å². The van der Waals surface area contributed by atoms with Gasteiger partial charge in [-0.1, -0.05) is 45.0 Å². The number of nitrogens with two attached hydrogens (primary N) is 1. The number of ether oxygens (including phenoxy) is 3. The van der Waals surface area contributed by atoms with Crippen LogP contribution in [-0.4, -0.2) is 104 Å². The van der Waals surface area contributed by atoms with Crippen molar-refractivity contribution in [2.24, 2.45) is 11.1 Å². The molecule has 3 amide bonds. The van der Waals surface area contributed by atoms with Gasteiger partial charge in [0.2, 0.25) is 17.7 Å². The maximum Gasteiger partial charge on any atom is 0.246 e. The van der Waals surface area contributed by atoms with Gasteiger partial charge in [-0.15, -0.1) is 11.3 Å². The Morgan fingerprint density at radius 2 is 1.73 bits per heavy atom. The second-order valence-electron chi connectivity index (χ2n) is 12.2. The number of hydrogen-bond acceptors (Lipinski definition) is 10. The number of thiazole rings is 1. The number of aliphatic hydroxyl groups excluding tert-OH is 1. The molecule has 0 spiro atoms.